The van der Waals surface area contributed by atoms with E-state index in [1.165, 1.54) is 25.3 Å². The molecule has 0 saturated carbocycles. The molecule has 18 heavy (non-hydrogen) atoms. The number of halogens is 3. The molecule has 0 radical (unpaired) electrons. The van der Waals surface area contributed by atoms with Gasteiger partial charge in [0.1, 0.15) is 0 Å². The molecule has 8 heteroatoms. The molecule has 0 fully saturated rings. The lowest BCUT2D eigenvalue weighted by Gasteiger charge is -2.07. The van der Waals surface area contributed by atoms with E-state index in [9.17, 15) is 4.39 Å². The summed E-state index contributed by atoms with van der Waals surface area (Å²) in [6.45, 7) is 0. The Kier molecular flexibility index (Phi) is 3.78. The molecule has 94 valence electrons. The second-order valence-corrected chi connectivity index (χ2v) is 3.85. The molecule has 5 nitrogen and oxygen atoms in total. The van der Waals surface area contributed by atoms with E-state index in [4.69, 9.17) is 27.9 Å². The van der Waals surface area contributed by atoms with Gasteiger partial charge in [-0.25, -0.2) is 4.39 Å². The highest BCUT2D eigenvalue weighted by Crippen LogP contribution is 2.23. The van der Waals surface area contributed by atoms with Crippen molar-refractivity contribution in [3.05, 3.63) is 34.6 Å². The summed E-state index contributed by atoms with van der Waals surface area (Å²) in [4.78, 5) is 11.2. The average molecular weight is 289 g/mol. The van der Waals surface area contributed by atoms with Crippen LogP contribution in [0.4, 0.5) is 16.0 Å². The minimum absolute atomic E-state index is 0.0356. The number of benzene rings is 1. The third-order valence-corrected chi connectivity index (χ3v) is 2.33. The molecule has 1 aromatic heterocycles. The van der Waals surface area contributed by atoms with Crippen molar-refractivity contribution in [3.8, 4) is 5.75 Å². The number of nitrogens with one attached hydrogen (secondary N) is 1. The van der Waals surface area contributed by atoms with Crippen LogP contribution in [0.2, 0.25) is 10.6 Å². The van der Waals surface area contributed by atoms with E-state index < -0.39 is 5.82 Å². The monoisotopic (exact) mass is 288 g/mol. The van der Waals surface area contributed by atoms with Crippen molar-refractivity contribution in [2.75, 3.05) is 12.4 Å². The maximum atomic E-state index is 13.2. The lowest BCUT2D eigenvalue weighted by atomic mass is 10.3. The average Bonchev–Trinajstić information content (AvgIpc) is 2.30. The van der Waals surface area contributed by atoms with E-state index in [1.54, 1.807) is 0 Å². The SMILES string of the molecule is COc1cc(Nc2nc(Cl)nc(Cl)n2)ccc1F. The summed E-state index contributed by atoms with van der Waals surface area (Å²) in [6, 6.07) is 4.22. The highest BCUT2D eigenvalue weighted by Gasteiger charge is 2.06. The molecule has 0 aliphatic carbocycles. The largest absolute Gasteiger partial charge is 0.494 e. The molecule has 0 atom stereocenters. The van der Waals surface area contributed by atoms with Gasteiger partial charge >= 0.3 is 0 Å². The van der Waals surface area contributed by atoms with Gasteiger partial charge < -0.3 is 10.1 Å². The topological polar surface area (TPSA) is 59.9 Å². The van der Waals surface area contributed by atoms with Crippen molar-refractivity contribution < 1.29 is 9.13 Å². The van der Waals surface area contributed by atoms with Crippen LogP contribution < -0.4 is 10.1 Å². The number of anilines is 2. The smallest absolute Gasteiger partial charge is 0.232 e. The third-order valence-electron chi connectivity index (χ3n) is 1.99. The predicted octanol–water partition coefficient (Wildman–Crippen LogP) is 3.07. The van der Waals surface area contributed by atoms with E-state index in [0.29, 0.717) is 5.69 Å². The van der Waals surface area contributed by atoms with Gasteiger partial charge in [0.15, 0.2) is 11.6 Å². The number of hydrogen-bond acceptors (Lipinski definition) is 5. The quantitative estimate of drug-likeness (QED) is 0.941. The van der Waals surface area contributed by atoms with Crippen LogP contribution >= 0.6 is 23.2 Å². The second kappa shape index (κ2) is 5.32. The van der Waals surface area contributed by atoms with Crippen LogP contribution in [0.25, 0.3) is 0 Å². The van der Waals surface area contributed by atoms with Gasteiger partial charge in [-0.3, -0.25) is 0 Å². The van der Waals surface area contributed by atoms with Gasteiger partial charge in [-0.2, -0.15) is 15.0 Å². The highest BCUT2D eigenvalue weighted by atomic mass is 35.5. The van der Waals surface area contributed by atoms with E-state index in [1.807, 2.05) is 0 Å². The van der Waals surface area contributed by atoms with Gasteiger partial charge in [-0.05, 0) is 35.3 Å². The lowest BCUT2D eigenvalue weighted by molar-refractivity contribution is 0.387. The van der Waals surface area contributed by atoms with Gasteiger partial charge in [0.25, 0.3) is 0 Å². The Balaban J connectivity index is 2.28. The van der Waals surface area contributed by atoms with E-state index in [0.717, 1.165) is 0 Å². The Labute approximate surface area is 112 Å². The van der Waals surface area contributed by atoms with Crippen LogP contribution in [0.5, 0.6) is 5.75 Å². The molecule has 0 bridgehead atoms. The fraction of sp³-hybridized carbons (Fsp3) is 0.100. The van der Waals surface area contributed by atoms with Crippen LogP contribution in [0.3, 0.4) is 0 Å². The maximum absolute atomic E-state index is 13.2. The first-order valence-corrected chi connectivity index (χ1v) is 5.51. The molecule has 2 rings (SSSR count). The summed E-state index contributed by atoms with van der Waals surface area (Å²) in [7, 11) is 1.37. The number of ether oxygens (including phenoxy) is 1. The molecule has 0 aliphatic heterocycles. The van der Waals surface area contributed by atoms with Crippen molar-refractivity contribution in [3.63, 3.8) is 0 Å². The summed E-state index contributed by atoms with van der Waals surface area (Å²) >= 11 is 11.3. The van der Waals surface area contributed by atoms with Crippen molar-refractivity contribution in [2.24, 2.45) is 0 Å². The summed E-state index contributed by atoms with van der Waals surface area (Å²) < 4.78 is 18.1. The van der Waals surface area contributed by atoms with Gasteiger partial charge in [-0.1, -0.05) is 0 Å². The molecular formula is C10H7Cl2FN4O. The fourth-order valence-corrected chi connectivity index (χ4v) is 1.61. The number of hydrogen-bond donors (Lipinski definition) is 1. The number of rotatable bonds is 3. The van der Waals surface area contributed by atoms with Crippen LogP contribution in [-0.4, -0.2) is 22.1 Å². The zero-order valence-corrected chi connectivity index (χ0v) is 10.6. The Morgan fingerprint density at radius 1 is 1.17 bits per heavy atom. The number of methoxy groups -OCH3 is 1. The van der Waals surface area contributed by atoms with Crippen LogP contribution in [0.1, 0.15) is 0 Å². The van der Waals surface area contributed by atoms with Gasteiger partial charge in [-0.15, -0.1) is 0 Å². The third kappa shape index (κ3) is 2.96. The molecule has 0 amide bonds. The van der Waals surface area contributed by atoms with Crippen molar-refractivity contribution in [1.82, 2.24) is 15.0 Å². The minimum Gasteiger partial charge on any atom is -0.494 e. The minimum atomic E-state index is -0.463. The molecule has 2 aromatic rings. The Hall–Kier alpha value is -1.66. The van der Waals surface area contributed by atoms with Crippen molar-refractivity contribution in [1.29, 1.82) is 0 Å². The summed E-state index contributed by atoms with van der Waals surface area (Å²) in [6.07, 6.45) is 0. The fourth-order valence-electron chi connectivity index (χ4n) is 1.25. The maximum Gasteiger partial charge on any atom is 0.232 e. The zero-order valence-electron chi connectivity index (χ0n) is 9.12. The number of aromatic nitrogens is 3. The highest BCUT2D eigenvalue weighted by molar-refractivity contribution is 6.31. The normalized spacial score (nSPS) is 10.2. The van der Waals surface area contributed by atoms with Crippen molar-refractivity contribution >= 4 is 34.8 Å². The Bertz CT molecular complexity index is 562. The summed E-state index contributed by atoms with van der Waals surface area (Å²) in [5.74, 6) is -0.199. The standard InChI is InChI=1S/C10H7Cl2FN4O/c1-18-7-4-5(2-3-6(7)13)14-10-16-8(11)15-9(12)17-10/h2-4H,1H3,(H,14,15,16,17). The molecule has 1 N–H and O–H groups in total. The summed E-state index contributed by atoms with van der Waals surface area (Å²) in [5, 5.41) is 2.74. The Morgan fingerprint density at radius 2 is 1.83 bits per heavy atom. The molecular weight excluding hydrogens is 282 g/mol. The first-order valence-electron chi connectivity index (χ1n) is 4.76. The van der Waals surface area contributed by atoms with E-state index in [2.05, 4.69) is 20.3 Å². The Morgan fingerprint density at radius 3 is 2.44 bits per heavy atom. The summed E-state index contributed by atoms with van der Waals surface area (Å²) in [5.41, 5.74) is 0.534. The van der Waals surface area contributed by atoms with E-state index in [-0.39, 0.29) is 22.3 Å². The second-order valence-electron chi connectivity index (χ2n) is 3.17. The predicted molar refractivity (Wildman–Crippen MR) is 66.1 cm³/mol. The first-order chi connectivity index (χ1) is 8.58. The number of nitrogens with zero attached hydrogens (tertiary/aromatic N) is 3. The van der Waals surface area contributed by atoms with Crippen LogP contribution in [0, 0.1) is 5.82 Å². The molecule has 0 aliphatic rings. The molecule has 1 aromatic carbocycles. The zero-order chi connectivity index (χ0) is 13.1. The van der Waals surface area contributed by atoms with E-state index >= 15 is 0 Å². The molecule has 1 heterocycles. The van der Waals surface area contributed by atoms with Gasteiger partial charge in [0, 0.05) is 11.8 Å². The first kappa shape index (κ1) is 12.8. The van der Waals surface area contributed by atoms with Gasteiger partial charge in [0.2, 0.25) is 16.5 Å². The molecule has 0 saturated heterocycles. The lowest BCUT2D eigenvalue weighted by Crippen LogP contribution is -2.00. The van der Waals surface area contributed by atoms with Crippen molar-refractivity contribution in [2.45, 2.75) is 0 Å². The van der Waals surface area contributed by atoms with Gasteiger partial charge in [0.05, 0.1) is 7.11 Å². The van der Waals surface area contributed by atoms with Crippen LogP contribution in [0.15, 0.2) is 18.2 Å². The molecule has 0 spiro atoms. The van der Waals surface area contributed by atoms with Crippen LogP contribution in [-0.2, 0) is 0 Å². The molecule has 0 unspecified atom stereocenters.